The van der Waals surface area contributed by atoms with E-state index in [1.807, 2.05) is 25.6 Å². The van der Waals surface area contributed by atoms with Crippen LogP contribution in [0.3, 0.4) is 0 Å². The van der Waals surface area contributed by atoms with E-state index in [9.17, 15) is 4.79 Å². The lowest BCUT2D eigenvalue weighted by atomic mass is 10.2. The summed E-state index contributed by atoms with van der Waals surface area (Å²) in [6.45, 7) is 3.99. The zero-order valence-corrected chi connectivity index (χ0v) is 11.0. The van der Waals surface area contributed by atoms with Crippen molar-refractivity contribution in [1.29, 1.82) is 0 Å². The van der Waals surface area contributed by atoms with Crippen LogP contribution in [-0.2, 0) is 11.3 Å². The third-order valence-corrected chi connectivity index (χ3v) is 4.19. The first-order valence-corrected chi connectivity index (χ1v) is 6.90. The van der Waals surface area contributed by atoms with Crippen LogP contribution in [0.25, 0.3) is 0 Å². The fourth-order valence-electron chi connectivity index (χ4n) is 1.92. The molecular formula is C11H18N4OS. The molecule has 0 saturated carbocycles. The molecule has 1 aromatic rings. The van der Waals surface area contributed by atoms with Crippen LogP contribution in [0.4, 0.5) is 5.69 Å². The molecule has 2 rings (SSSR count). The minimum Gasteiger partial charge on any atom is -0.396 e. The summed E-state index contributed by atoms with van der Waals surface area (Å²) in [5.41, 5.74) is 8.14. The van der Waals surface area contributed by atoms with E-state index < -0.39 is 0 Å². The van der Waals surface area contributed by atoms with Crippen LogP contribution in [0.2, 0.25) is 0 Å². The molecule has 17 heavy (non-hydrogen) atoms. The van der Waals surface area contributed by atoms with Gasteiger partial charge in [-0.1, -0.05) is 0 Å². The minimum absolute atomic E-state index is 0.0168. The Morgan fingerprint density at radius 1 is 1.65 bits per heavy atom. The predicted octanol–water partition coefficient (Wildman–Crippen LogP) is 0.704. The average Bonchev–Trinajstić information content (AvgIpc) is 2.85. The summed E-state index contributed by atoms with van der Waals surface area (Å²) in [6.07, 6.45) is 1.07. The fraction of sp³-hybridized carbons (Fsp3) is 0.636. The average molecular weight is 254 g/mol. The minimum atomic E-state index is 0.0168. The van der Waals surface area contributed by atoms with Gasteiger partial charge in [-0.2, -0.15) is 16.9 Å². The van der Waals surface area contributed by atoms with Crippen molar-refractivity contribution in [2.75, 3.05) is 17.2 Å². The molecule has 1 fully saturated rings. The predicted molar refractivity (Wildman–Crippen MR) is 70.0 cm³/mol. The van der Waals surface area contributed by atoms with Crippen LogP contribution in [0.1, 0.15) is 17.8 Å². The SMILES string of the molecule is Cc1nn(CC(=O)NC2CCSC2)c(C)c1N. The molecule has 0 aromatic carbocycles. The van der Waals surface area contributed by atoms with Crippen molar-refractivity contribution in [1.82, 2.24) is 15.1 Å². The second-order valence-electron chi connectivity index (χ2n) is 4.37. The second kappa shape index (κ2) is 5.00. The van der Waals surface area contributed by atoms with E-state index in [-0.39, 0.29) is 12.5 Å². The molecule has 5 nitrogen and oxygen atoms in total. The maximum atomic E-state index is 11.8. The summed E-state index contributed by atoms with van der Waals surface area (Å²) >= 11 is 1.88. The standard InChI is InChI=1S/C11H18N4OS/c1-7-11(12)8(2)15(14-7)5-10(16)13-9-3-4-17-6-9/h9H,3-6,12H2,1-2H3,(H,13,16). The molecule has 0 radical (unpaired) electrons. The first kappa shape index (κ1) is 12.3. The zero-order valence-electron chi connectivity index (χ0n) is 10.2. The summed E-state index contributed by atoms with van der Waals surface area (Å²) in [6, 6.07) is 0.321. The molecule has 1 aliphatic heterocycles. The third kappa shape index (κ3) is 2.74. The van der Waals surface area contributed by atoms with Crippen molar-refractivity contribution in [2.24, 2.45) is 0 Å². The van der Waals surface area contributed by atoms with Gasteiger partial charge in [0.15, 0.2) is 0 Å². The highest BCUT2D eigenvalue weighted by Gasteiger charge is 2.18. The number of anilines is 1. The summed E-state index contributed by atoms with van der Waals surface area (Å²) in [5.74, 6) is 2.17. The number of rotatable bonds is 3. The lowest BCUT2D eigenvalue weighted by Gasteiger charge is -2.11. The van der Waals surface area contributed by atoms with Gasteiger partial charge < -0.3 is 11.1 Å². The Morgan fingerprint density at radius 2 is 2.41 bits per heavy atom. The topological polar surface area (TPSA) is 72.9 Å². The van der Waals surface area contributed by atoms with E-state index in [4.69, 9.17) is 5.73 Å². The number of nitrogens with one attached hydrogen (secondary N) is 1. The monoisotopic (exact) mass is 254 g/mol. The summed E-state index contributed by atoms with van der Waals surface area (Å²) in [4.78, 5) is 11.8. The van der Waals surface area contributed by atoms with Crippen LogP contribution in [0.15, 0.2) is 0 Å². The number of hydrogen-bond donors (Lipinski definition) is 2. The molecule has 1 aromatic heterocycles. The first-order valence-electron chi connectivity index (χ1n) is 5.74. The molecule has 1 atom stereocenters. The number of carbonyl (C=O) groups is 1. The summed E-state index contributed by atoms with van der Waals surface area (Å²) in [5, 5.41) is 7.27. The van der Waals surface area contributed by atoms with Crippen LogP contribution < -0.4 is 11.1 Å². The van der Waals surface area contributed by atoms with Gasteiger partial charge in [-0.3, -0.25) is 9.48 Å². The maximum Gasteiger partial charge on any atom is 0.241 e. The largest absolute Gasteiger partial charge is 0.396 e. The third-order valence-electron chi connectivity index (χ3n) is 3.03. The number of carbonyl (C=O) groups excluding carboxylic acids is 1. The number of aryl methyl sites for hydroxylation is 1. The zero-order chi connectivity index (χ0) is 12.4. The van der Waals surface area contributed by atoms with Gasteiger partial charge in [0.05, 0.1) is 17.1 Å². The fourth-order valence-corrected chi connectivity index (χ4v) is 3.07. The smallest absolute Gasteiger partial charge is 0.241 e. The van der Waals surface area contributed by atoms with Crippen molar-refractivity contribution in [3.05, 3.63) is 11.4 Å². The highest BCUT2D eigenvalue weighted by Crippen LogP contribution is 2.17. The van der Waals surface area contributed by atoms with Crippen molar-refractivity contribution in [3.63, 3.8) is 0 Å². The number of thioether (sulfide) groups is 1. The Morgan fingerprint density at radius 3 is 2.94 bits per heavy atom. The molecule has 1 aliphatic rings. The number of hydrogen-bond acceptors (Lipinski definition) is 4. The molecule has 1 saturated heterocycles. The molecule has 1 amide bonds. The van der Waals surface area contributed by atoms with Crippen molar-refractivity contribution < 1.29 is 4.79 Å². The molecule has 0 aliphatic carbocycles. The van der Waals surface area contributed by atoms with Gasteiger partial charge in [0, 0.05) is 11.8 Å². The van der Waals surface area contributed by atoms with Crippen molar-refractivity contribution in [2.45, 2.75) is 32.9 Å². The summed E-state index contributed by atoms with van der Waals surface area (Å²) < 4.78 is 1.67. The van der Waals surface area contributed by atoms with Crippen LogP contribution in [-0.4, -0.2) is 33.2 Å². The van der Waals surface area contributed by atoms with Crippen LogP contribution in [0, 0.1) is 13.8 Å². The lowest BCUT2D eigenvalue weighted by molar-refractivity contribution is -0.122. The Hall–Kier alpha value is -1.17. The number of nitrogens with two attached hydrogens (primary N) is 1. The molecule has 3 N–H and O–H groups in total. The van der Waals surface area contributed by atoms with Gasteiger partial charge in [-0.25, -0.2) is 0 Å². The molecule has 0 bridgehead atoms. The Labute approximate surface area is 105 Å². The Bertz CT molecular complexity index is 423. The number of aromatic nitrogens is 2. The van der Waals surface area contributed by atoms with E-state index in [1.165, 1.54) is 0 Å². The molecule has 0 spiro atoms. The van der Waals surface area contributed by atoms with E-state index in [1.54, 1.807) is 4.68 Å². The lowest BCUT2D eigenvalue weighted by Crippen LogP contribution is -2.37. The molecule has 2 heterocycles. The van der Waals surface area contributed by atoms with Gasteiger partial charge >= 0.3 is 0 Å². The van der Waals surface area contributed by atoms with Crippen molar-refractivity contribution in [3.8, 4) is 0 Å². The van der Waals surface area contributed by atoms with Gasteiger partial charge in [-0.05, 0) is 26.0 Å². The maximum absolute atomic E-state index is 11.8. The molecule has 6 heteroatoms. The van der Waals surface area contributed by atoms with Gasteiger partial charge in [0.1, 0.15) is 6.54 Å². The number of nitrogen functional groups attached to an aromatic ring is 1. The van der Waals surface area contributed by atoms with Crippen LogP contribution in [0.5, 0.6) is 0 Å². The normalized spacial score (nSPS) is 19.5. The van der Waals surface area contributed by atoms with E-state index in [2.05, 4.69) is 10.4 Å². The van der Waals surface area contributed by atoms with E-state index in [0.717, 1.165) is 29.3 Å². The first-order chi connectivity index (χ1) is 8.08. The van der Waals surface area contributed by atoms with Gasteiger partial charge in [-0.15, -0.1) is 0 Å². The van der Waals surface area contributed by atoms with Crippen LogP contribution >= 0.6 is 11.8 Å². The molecule has 94 valence electrons. The van der Waals surface area contributed by atoms with Gasteiger partial charge in [0.2, 0.25) is 5.91 Å². The van der Waals surface area contributed by atoms with Crippen molar-refractivity contribution >= 4 is 23.4 Å². The summed E-state index contributed by atoms with van der Waals surface area (Å²) in [7, 11) is 0. The quantitative estimate of drug-likeness (QED) is 0.833. The van der Waals surface area contributed by atoms with Gasteiger partial charge in [0.25, 0.3) is 0 Å². The Balaban J connectivity index is 1.95. The van der Waals surface area contributed by atoms with E-state index in [0.29, 0.717) is 11.7 Å². The molecular weight excluding hydrogens is 236 g/mol. The highest BCUT2D eigenvalue weighted by atomic mass is 32.2. The Kier molecular flexibility index (Phi) is 3.61. The second-order valence-corrected chi connectivity index (χ2v) is 5.52. The molecule has 1 unspecified atom stereocenters. The van der Waals surface area contributed by atoms with E-state index >= 15 is 0 Å². The number of amides is 1. The highest BCUT2D eigenvalue weighted by molar-refractivity contribution is 7.99. The number of nitrogens with zero attached hydrogens (tertiary/aromatic N) is 2.